The van der Waals surface area contributed by atoms with Crippen LogP contribution in [0.3, 0.4) is 0 Å². The first-order valence-corrected chi connectivity index (χ1v) is 3.99. The lowest BCUT2D eigenvalue weighted by Crippen LogP contribution is -1.77. The van der Waals surface area contributed by atoms with Gasteiger partial charge in [0, 0.05) is 5.39 Å². The van der Waals surface area contributed by atoms with Crippen LogP contribution < -0.4 is 0 Å². The SMILES string of the molecule is Fc1cc(Cl)c2ccccc2c1. The van der Waals surface area contributed by atoms with E-state index in [0.717, 1.165) is 10.8 Å². The molecule has 0 heterocycles. The molecule has 0 aliphatic heterocycles. The zero-order valence-corrected chi connectivity index (χ0v) is 6.98. The van der Waals surface area contributed by atoms with Crippen molar-refractivity contribution in [2.75, 3.05) is 0 Å². The Morgan fingerprint density at radius 2 is 1.83 bits per heavy atom. The molecule has 0 saturated carbocycles. The van der Waals surface area contributed by atoms with Crippen molar-refractivity contribution in [2.24, 2.45) is 0 Å². The Kier molecular flexibility index (Phi) is 1.74. The molecule has 0 radical (unpaired) electrons. The van der Waals surface area contributed by atoms with Crippen LogP contribution >= 0.6 is 11.6 Å². The Morgan fingerprint density at radius 1 is 1.08 bits per heavy atom. The summed E-state index contributed by atoms with van der Waals surface area (Å²) >= 11 is 5.82. The molecule has 2 aromatic carbocycles. The highest BCUT2D eigenvalue weighted by Crippen LogP contribution is 2.24. The van der Waals surface area contributed by atoms with Gasteiger partial charge in [-0.15, -0.1) is 0 Å². The molecular weight excluding hydrogens is 175 g/mol. The zero-order chi connectivity index (χ0) is 8.55. The van der Waals surface area contributed by atoms with Gasteiger partial charge in [-0.25, -0.2) is 4.39 Å². The van der Waals surface area contributed by atoms with E-state index in [-0.39, 0.29) is 5.82 Å². The second kappa shape index (κ2) is 2.76. The summed E-state index contributed by atoms with van der Waals surface area (Å²) in [5.74, 6) is -0.293. The van der Waals surface area contributed by atoms with Crippen LogP contribution in [0.1, 0.15) is 0 Å². The van der Waals surface area contributed by atoms with Gasteiger partial charge in [0.15, 0.2) is 0 Å². The fourth-order valence-corrected chi connectivity index (χ4v) is 1.51. The average molecular weight is 181 g/mol. The maximum absolute atomic E-state index is 12.8. The summed E-state index contributed by atoms with van der Waals surface area (Å²) < 4.78 is 12.8. The third-order valence-electron chi connectivity index (χ3n) is 1.78. The van der Waals surface area contributed by atoms with E-state index < -0.39 is 0 Å². The highest BCUT2D eigenvalue weighted by molar-refractivity contribution is 6.35. The topological polar surface area (TPSA) is 0 Å². The zero-order valence-electron chi connectivity index (χ0n) is 6.22. The van der Waals surface area contributed by atoms with Crippen LogP contribution in [-0.4, -0.2) is 0 Å². The molecule has 0 bridgehead atoms. The first kappa shape index (κ1) is 7.56. The van der Waals surface area contributed by atoms with E-state index >= 15 is 0 Å². The molecule has 0 fully saturated rings. The van der Waals surface area contributed by atoms with Crippen LogP contribution in [0.15, 0.2) is 36.4 Å². The van der Waals surface area contributed by atoms with E-state index in [4.69, 9.17) is 11.6 Å². The molecule has 60 valence electrons. The summed E-state index contributed by atoms with van der Waals surface area (Å²) in [4.78, 5) is 0. The second-order valence-electron chi connectivity index (χ2n) is 2.61. The largest absolute Gasteiger partial charge is 0.207 e. The van der Waals surface area contributed by atoms with Gasteiger partial charge < -0.3 is 0 Å². The fraction of sp³-hybridized carbons (Fsp3) is 0. The lowest BCUT2D eigenvalue weighted by Gasteiger charge is -1.99. The minimum Gasteiger partial charge on any atom is -0.207 e. The van der Waals surface area contributed by atoms with Gasteiger partial charge in [0.2, 0.25) is 0 Å². The summed E-state index contributed by atoms with van der Waals surface area (Å²) in [6.45, 7) is 0. The van der Waals surface area contributed by atoms with Gasteiger partial charge in [0.05, 0.1) is 5.02 Å². The highest BCUT2D eigenvalue weighted by atomic mass is 35.5. The van der Waals surface area contributed by atoms with Gasteiger partial charge in [-0.2, -0.15) is 0 Å². The third kappa shape index (κ3) is 1.16. The Labute approximate surface area is 74.6 Å². The molecule has 0 N–H and O–H groups in total. The minimum absolute atomic E-state index is 0.293. The molecule has 12 heavy (non-hydrogen) atoms. The van der Waals surface area contributed by atoms with Crippen molar-refractivity contribution in [3.05, 3.63) is 47.2 Å². The molecule has 2 heteroatoms. The molecule has 0 saturated heterocycles. The quantitative estimate of drug-likeness (QED) is 0.581. The number of rotatable bonds is 0. The first-order valence-electron chi connectivity index (χ1n) is 3.61. The molecule has 2 rings (SSSR count). The molecule has 0 spiro atoms. The first-order chi connectivity index (χ1) is 5.77. The summed E-state index contributed by atoms with van der Waals surface area (Å²) in [6, 6.07) is 10.2. The smallest absolute Gasteiger partial charge is 0.125 e. The van der Waals surface area contributed by atoms with Crippen LogP contribution in [-0.2, 0) is 0 Å². The van der Waals surface area contributed by atoms with E-state index in [2.05, 4.69) is 0 Å². The van der Waals surface area contributed by atoms with Crippen molar-refractivity contribution in [1.82, 2.24) is 0 Å². The highest BCUT2D eigenvalue weighted by Gasteiger charge is 1.99. The third-order valence-corrected chi connectivity index (χ3v) is 2.09. The lowest BCUT2D eigenvalue weighted by atomic mass is 10.1. The van der Waals surface area contributed by atoms with E-state index in [1.165, 1.54) is 12.1 Å². The van der Waals surface area contributed by atoms with Crippen molar-refractivity contribution in [3.63, 3.8) is 0 Å². The maximum Gasteiger partial charge on any atom is 0.125 e. The molecule has 0 amide bonds. The number of fused-ring (bicyclic) bond motifs is 1. The summed E-state index contributed by atoms with van der Waals surface area (Å²) in [5.41, 5.74) is 0. The van der Waals surface area contributed by atoms with E-state index in [9.17, 15) is 4.39 Å². The molecule has 0 aliphatic carbocycles. The van der Waals surface area contributed by atoms with Gasteiger partial charge in [-0.1, -0.05) is 35.9 Å². The predicted molar refractivity (Wildman–Crippen MR) is 48.9 cm³/mol. The van der Waals surface area contributed by atoms with Crippen molar-refractivity contribution in [2.45, 2.75) is 0 Å². The maximum atomic E-state index is 12.8. The van der Waals surface area contributed by atoms with Gasteiger partial charge in [-0.05, 0) is 17.5 Å². The predicted octanol–water partition coefficient (Wildman–Crippen LogP) is 3.63. The summed E-state index contributed by atoms with van der Waals surface area (Å²) in [6.07, 6.45) is 0. The Hall–Kier alpha value is -1.08. The average Bonchev–Trinajstić information content (AvgIpc) is 2.04. The molecular formula is C10H6ClF. The van der Waals surface area contributed by atoms with Gasteiger partial charge in [0.25, 0.3) is 0 Å². The monoisotopic (exact) mass is 180 g/mol. The fourth-order valence-electron chi connectivity index (χ4n) is 1.23. The summed E-state index contributed by atoms with van der Waals surface area (Å²) in [7, 11) is 0. The van der Waals surface area contributed by atoms with Crippen LogP contribution in [0.25, 0.3) is 10.8 Å². The molecule has 2 aromatic rings. The van der Waals surface area contributed by atoms with E-state index in [1.807, 2.05) is 24.3 Å². The molecule has 0 aliphatic rings. The minimum atomic E-state index is -0.293. The van der Waals surface area contributed by atoms with Crippen LogP contribution in [0.2, 0.25) is 5.02 Å². The molecule has 0 atom stereocenters. The van der Waals surface area contributed by atoms with E-state index in [0.29, 0.717) is 5.02 Å². The van der Waals surface area contributed by atoms with Crippen molar-refractivity contribution < 1.29 is 4.39 Å². The molecule has 0 nitrogen and oxygen atoms in total. The van der Waals surface area contributed by atoms with E-state index in [1.54, 1.807) is 0 Å². The van der Waals surface area contributed by atoms with Crippen molar-refractivity contribution >= 4 is 22.4 Å². The normalized spacial score (nSPS) is 10.5. The van der Waals surface area contributed by atoms with Crippen molar-refractivity contribution in [1.29, 1.82) is 0 Å². The Bertz CT molecular complexity index is 423. The number of halogens is 2. The lowest BCUT2D eigenvalue weighted by molar-refractivity contribution is 0.630. The second-order valence-corrected chi connectivity index (χ2v) is 3.02. The van der Waals surface area contributed by atoms with Gasteiger partial charge >= 0.3 is 0 Å². The Morgan fingerprint density at radius 3 is 2.67 bits per heavy atom. The number of hydrogen-bond acceptors (Lipinski definition) is 0. The molecule has 0 aromatic heterocycles. The number of hydrogen-bond donors (Lipinski definition) is 0. The summed E-state index contributed by atoms with van der Waals surface area (Å²) in [5, 5.41) is 2.19. The van der Waals surface area contributed by atoms with Crippen LogP contribution in [0.4, 0.5) is 4.39 Å². The van der Waals surface area contributed by atoms with Gasteiger partial charge in [-0.3, -0.25) is 0 Å². The van der Waals surface area contributed by atoms with Gasteiger partial charge in [0.1, 0.15) is 5.82 Å². The number of benzene rings is 2. The van der Waals surface area contributed by atoms with Crippen LogP contribution in [0, 0.1) is 5.82 Å². The van der Waals surface area contributed by atoms with Crippen molar-refractivity contribution in [3.8, 4) is 0 Å². The molecule has 0 unspecified atom stereocenters. The Balaban J connectivity index is 2.89. The van der Waals surface area contributed by atoms with Crippen LogP contribution in [0.5, 0.6) is 0 Å². The standard InChI is InChI=1S/C10H6ClF/c11-10-6-8(12)5-7-3-1-2-4-9(7)10/h1-6H.